The van der Waals surface area contributed by atoms with Gasteiger partial charge in [0.2, 0.25) is 0 Å². The third-order valence-corrected chi connectivity index (χ3v) is 1.72. The summed E-state index contributed by atoms with van der Waals surface area (Å²) in [5.41, 5.74) is 0. The summed E-state index contributed by atoms with van der Waals surface area (Å²) in [6.07, 6.45) is 2.28. The smallest absolute Gasteiger partial charge is 0.0701 e. The van der Waals surface area contributed by atoms with Gasteiger partial charge in [-0.1, -0.05) is 13.3 Å². The second kappa shape index (κ2) is 22.0. The van der Waals surface area contributed by atoms with Crippen LogP contribution in [0.15, 0.2) is 0 Å². The molecular weight excluding hydrogens is 240 g/mol. The highest BCUT2D eigenvalue weighted by atomic mass is 16.5. The molecule has 0 aromatic heterocycles. The summed E-state index contributed by atoms with van der Waals surface area (Å²) in [6, 6.07) is 0. The number of rotatable bonds is 12. The molecule has 0 spiro atoms. The van der Waals surface area contributed by atoms with E-state index in [0.29, 0.717) is 33.0 Å². The highest BCUT2D eigenvalue weighted by Gasteiger charge is 1.87. The molecule has 6 nitrogen and oxygen atoms in total. The molecule has 112 valence electrons. The van der Waals surface area contributed by atoms with Crippen molar-refractivity contribution in [3.63, 3.8) is 0 Å². The van der Waals surface area contributed by atoms with Crippen molar-refractivity contribution >= 4 is 0 Å². The van der Waals surface area contributed by atoms with Gasteiger partial charge in [-0.15, -0.1) is 0 Å². The van der Waals surface area contributed by atoms with Crippen molar-refractivity contribution in [1.29, 1.82) is 0 Å². The highest BCUT2D eigenvalue weighted by molar-refractivity contribution is 4.33. The fourth-order valence-corrected chi connectivity index (χ4v) is 0.864. The average Bonchev–Trinajstić information content (AvgIpc) is 2.39. The molecule has 0 saturated carbocycles. The number of hydrogen-bond donors (Lipinski definition) is 3. The molecule has 0 saturated heterocycles. The van der Waals surface area contributed by atoms with Gasteiger partial charge in [-0.2, -0.15) is 0 Å². The number of hydrogen-bond acceptors (Lipinski definition) is 6. The quantitative estimate of drug-likeness (QED) is 0.425. The zero-order valence-electron chi connectivity index (χ0n) is 11.3. The van der Waals surface area contributed by atoms with Crippen LogP contribution in [0, 0.1) is 0 Å². The summed E-state index contributed by atoms with van der Waals surface area (Å²) < 4.78 is 14.8. The summed E-state index contributed by atoms with van der Waals surface area (Å²) >= 11 is 0. The topological polar surface area (TPSA) is 88.4 Å². The summed E-state index contributed by atoms with van der Waals surface area (Å²) in [7, 11) is 0. The van der Waals surface area contributed by atoms with Crippen LogP contribution in [0.1, 0.15) is 19.8 Å². The van der Waals surface area contributed by atoms with Gasteiger partial charge in [0.25, 0.3) is 0 Å². The van der Waals surface area contributed by atoms with Crippen molar-refractivity contribution in [1.82, 2.24) is 0 Å². The second-order valence-electron chi connectivity index (χ2n) is 3.36. The SMILES string of the molecule is CCCCOCCOCCO.OCCOCCO. The van der Waals surface area contributed by atoms with Gasteiger partial charge in [-0.25, -0.2) is 0 Å². The Balaban J connectivity index is 0. The first kappa shape index (κ1) is 20.1. The van der Waals surface area contributed by atoms with Crippen LogP contribution in [0.4, 0.5) is 0 Å². The minimum absolute atomic E-state index is 0.0278. The normalized spacial score (nSPS) is 10.0. The molecule has 0 heterocycles. The molecule has 0 amide bonds. The van der Waals surface area contributed by atoms with Gasteiger partial charge >= 0.3 is 0 Å². The van der Waals surface area contributed by atoms with E-state index in [1.165, 1.54) is 0 Å². The van der Waals surface area contributed by atoms with Gasteiger partial charge in [0.15, 0.2) is 0 Å². The fourth-order valence-electron chi connectivity index (χ4n) is 0.864. The van der Waals surface area contributed by atoms with E-state index in [0.717, 1.165) is 19.4 Å². The molecule has 0 aromatic carbocycles. The molecule has 0 aliphatic carbocycles. The zero-order chi connectivity index (χ0) is 13.9. The average molecular weight is 268 g/mol. The molecule has 0 radical (unpaired) electrons. The third kappa shape index (κ3) is 24.8. The van der Waals surface area contributed by atoms with Gasteiger partial charge in [0, 0.05) is 6.61 Å². The third-order valence-electron chi connectivity index (χ3n) is 1.72. The Kier molecular flexibility index (Phi) is 24.5. The first-order valence-electron chi connectivity index (χ1n) is 6.39. The molecule has 0 aliphatic rings. The first-order chi connectivity index (χ1) is 8.83. The Morgan fingerprint density at radius 2 is 1.00 bits per heavy atom. The molecule has 3 N–H and O–H groups in total. The standard InChI is InChI=1S/C8H18O3.C4H10O3/c1-2-3-5-10-7-8-11-6-4-9;5-1-3-7-4-2-6/h9H,2-8H2,1H3;5-6H,1-4H2. The van der Waals surface area contributed by atoms with Gasteiger partial charge in [-0.3, -0.25) is 0 Å². The van der Waals surface area contributed by atoms with Crippen molar-refractivity contribution in [2.75, 3.05) is 59.5 Å². The fraction of sp³-hybridized carbons (Fsp3) is 1.00. The maximum Gasteiger partial charge on any atom is 0.0701 e. The molecule has 18 heavy (non-hydrogen) atoms. The monoisotopic (exact) mass is 268 g/mol. The van der Waals surface area contributed by atoms with Crippen molar-refractivity contribution in [3.8, 4) is 0 Å². The van der Waals surface area contributed by atoms with Crippen LogP contribution in [0.3, 0.4) is 0 Å². The van der Waals surface area contributed by atoms with Crippen LogP contribution >= 0.6 is 0 Å². The lowest BCUT2D eigenvalue weighted by Gasteiger charge is -2.02. The lowest BCUT2D eigenvalue weighted by molar-refractivity contribution is 0.0324. The first-order valence-corrected chi connectivity index (χ1v) is 6.39. The highest BCUT2D eigenvalue weighted by Crippen LogP contribution is 1.87. The molecular formula is C12H28O6. The van der Waals surface area contributed by atoms with E-state index in [4.69, 9.17) is 24.8 Å². The van der Waals surface area contributed by atoms with Crippen LogP contribution in [-0.4, -0.2) is 74.8 Å². The Bertz CT molecular complexity index is 111. The minimum Gasteiger partial charge on any atom is -0.394 e. The maximum atomic E-state index is 8.34. The van der Waals surface area contributed by atoms with Crippen molar-refractivity contribution < 1.29 is 29.5 Å². The Hall–Kier alpha value is -0.240. The van der Waals surface area contributed by atoms with E-state index >= 15 is 0 Å². The minimum atomic E-state index is 0.0278. The number of aliphatic hydroxyl groups excluding tert-OH is 3. The van der Waals surface area contributed by atoms with E-state index in [2.05, 4.69) is 11.7 Å². The summed E-state index contributed by atoms with van der Waals surface area (Å²) in [5.74, 6) is 0. The number of unbranched alkanes of at least 4 members (excludes halogenated alkanes) is 1. The van der Waals surface area contributed by atoms with Crippen LogP contribution in [0.2, 0.25) is 0 Å². The predicted octanol–water partition coefficient (Wildman–Crippen LogP) is -0.200. The van der Waals surface area contributed by atoms with Gasteiger partial charge in [0.05, 0.1) is 52.9 Å². The van der Waals surface area contributed by atoms with E-state index in [9.17, 15) is 0 Å². The largest absolute Gasteiger partial charge is 0.394 e. The summed E-state index contributed by atoms with van der Waals surface area (Å²) in [4.78, 5) is 0. The maximum absolute atomic E-state index is 8.34. The summed E-state index contributed by atoms with van der Waals surface area (Å²) in [6.45, 7) is 5.38. The van der Waals surface area contributed by atoms with Crippen molar-refractivity contribution in [3.05, 3.63) is 0 Å². The second-order valence-corrected chi connectivity index (χ2v) is 3.36. The molecule has 0 bridgehead atoms. The lowest BCUT2D eigenvalue weighted by atomic mass is 10.4. The Labute approximate surface area is 109 Å². The molecule has 0 aromatic rings. The van der Waals surface area contributed by atoms with E-state index in [1.54, 1.807) is 0 Å². The van der Waals surface area contributed by atoms with Crippen LogP contribution in [0.25, 0.3) is 0 Å². The Morgan fingerprint density at radius 3 is 1.39 bits per heavy atom. The molecule has 0 aliphatic heterocycles. The number of ether oxygens (including phenoxy) is 3. The van der Waals surface area contributed by atoms with E-state index in [-0.39, 0.29) is 19.8 Å². The van der Waals surface area contributed by atoms with E-state index in [1.807, 2.05) is 0 Å². The molecule has 0 fully saturated rings. The molecule has 0 rings (SSSR count). The van der Waals surface area contributed by atoms with Crippen LogP contribution in [-0.2, 0) is 14.2 Å². The van der Waals surface area contributed by atoms with Gasteiger partial charge < -0.3 is 29.5 Å². The van der Waals surface area contributed by atoms with Gasteiger partial charge in [0.1, 0.15) is 0 Å². The molecule has 0 atom stereocenters. The van der Waals surface area contributed by atoms with Crippen LogP contribution in [0.5, 0.6) is 0 Å². The lowest BCUT2D eigenvalue weighted by Crippen LogP contribution is -2.07. The van der Waals surface area contributed by atoms with Crippen molar-refractivity contribution in [2.24, 2.45) is 0 Å². The van der Waals surface area contributed by atoms with Gasteiger partial charge in [-0.05, 0) is 6.42 Å². The molecule has 6 heteroatoms. The number of aliphatic hydroxyl groups is 3. The van der Waals surface area contributed by atoms with Crippen LogP contribution < -0.4 is 0 Å². The van der Waals surface area contributed by atoms with E-state index < -0.39 is 0 Å². The zero-order valence-corrected chi connectivity index (χ0v) is 11.3. The Morgan fingerprint density at radius 1 is 0.611 bits per heavy atom. The van der Waals surface area contributed by atoms with Crippen molar-refractivity contribution in [2.45, 2.75) is 19.8 Å². The molecule has 0 unspecified atom stereocenters. The summed E-state index contributed by atoms with van der Waals surface area (Å²) in [5, 5.41) is 24.5. The predicted molar refractivity (Wildman–Crippen MR) is 68.6 cm³/mol.